The Balaban J connectivity index is 2.44. The number of methoxy groups -OCH3 is 2. The Labute approximate surface area is 136 Å². The lowest BCUT2D eigenvalue weighted by molar-refractivity contribution is 0.0992. The quantitative estimate of drug-likeness (QED) is 0.769. The summed E-state index contributed by atoms with van der Waals surface area (Å²) in [5.41, 5.74) is 2.09. The first-order chi connectivity index (χ1) is 11.1. The molecule has 0 saturated carbocycles. The van der Waals surface area contributed by atoms with Gasteiger partial charge < -0.3 is 14.4 Å². The first-order valence-electron chi connectivity index (χ1n) is 7.16. The van der Waals surface area contributed by atoms with Crippen molar-refractivity contribution in [3.05, 3.63) is 60.4 Å². The van der Waals surface area contributed by atoms with E-state index in [-0.39, 0.29) is 5.91 Å². The predicted octanol–water partition coefficient (Wildman–Crippen LogP) is 3.10. The highest BCUT2D eigenvalue weighted by Crippen LogP contribution is 2.33. The molecule has 2 aromatic rings. The number of hydrogen-bond acceptors (Lipinski definition) is 4. The smallest absolute Gasteiger partial charge is 0.258 e. The normalized spacial score (nSPS) is 10.0. The molecule has 0 N–H and O–H groups in total. The topological polar surface area (TPSA) is 51.7 Å². The molecule has 1 aromatic carbocycles. The number of nitrogens with zero attached hydrogens (tertiary/aromatic N) is 2. The van der Waals surface area contributed by atoms with Gasteiger partial charge in [0.2, 0.25) is 0 Å². The molecule has 0 saturated heterocycles. The summed E-state index contributed by atoms with van der Waals surface area (Å²) in [6, 6.07) is 7.10. The maximum atomic E-state index is 12.7. The van der Waals surface area contributed by atoms with E-state index in [1.54, 1.807) is 62.8 Å². The van der Waals surface area contributed by atoms with Gasteiger partial charge in [-0.2, -0.15) is 0 Å². The van der Waals surface area contributed by atoms with E-state index in [0.29, 0.717) is 23.5 Å². The second kappa shape index (κ2) is 7.45. The summed E-state index contributed by atoms with van der Waals surface area (Å²) in [6.07, 6.45) is 5.65. The molecule has 0 aliphatic carbocycles. The summed E-state index contributed by atoms with van der Waals surface area (Å²) in [4.78, 5) is 18.3. The van der Waals surface area contributed by atoms with Crippen molar-refractivity contribution in [2.24, 2.45) is 0 Å². The van der Waals surface area contributed by atoms with Gasteiger partial charge >= 0.3 is 0 Å². The molecule has 0 spiro atoms. The molecular formula is C18H20N2O3. The molecule has 0 unspecified atom stereocenters. The number of carbonyl (C=O) groups is 1. The van der Waals surface area contributed by atoms with Crippen LogP contribution in [0.4, 0.5) is 5.69 Å². The van der Waals surface area contributed by atoms with Gasteiger partial charge in [-0.25, -0.2) is 0 Å². The molecule has 120 valence electrons. The Morgan fingerprint density at radius 2 is 2.13 bits per heavy atom. The molecule has 23 heavy (non-hydrogen) atoms. The lowest BCUT2D eigenvalue weighted by Crippen LogP contribution is -2.26. The van der Waals surface area contributed by atoms with Crippen LogP contribution >= 0.6 is 0 Å². The standard InChI is InChI=1S/C18H20N2O3/c1-5-7-13-10-14(11-16(22-3)17(13)23-4)18(21)20(2)15-8-6-9-19-12-15/h5-6,8-12H,1,7H2,2-4H3. The van der Waals surface area contributed by atoms with E-state index >= 15 is 0 Å². The number of pyridine rings is 1. The molecule has 0 atom stereocenters. The van der Waals surface area contributed by atoms with Gasteiger partial charge in [-0.05, 0) is 30.7 Å². The molecule has 2 rings (SSSR count). The van der Waals surface area contributed by atoms with Crippen molar-refractivity contribution in [1.29, 1.82) is 0 Å². The highest BCUT2D eigenvalue weighted by Gasteiger charge is 2.19. The van der Waals surface area contributed by atoms with E-state index in [1.165, 1.54) is 0 Å². The molecule has 5 heteroatoms. The van der Waals surface area contributed by atoms with Crippen LogP contribution in [0.25, 0.3) is 0 Å². The zero-order valence-electron chi connectivity index (χ0n) is 13.6. The maximum absolute atomic E-state index is 12.7. The third-order valence-corrected chi connectivity index (χ3v) is 3.50. The second-order valence-corrected chi connectivity index (χ2v) is 4.94. The molecule has 1 aromatic heterocycles. The third-order valence-electron chi connectivity index (χ3n) is 3.50. The lowest BCUT2D eigenvalue weighted by Gasteiger charge is -2.19. The molecule has 1 heterocycles. The molecule has 0 bridgehead atoms. The number of rotatable bonds is 6. The second-order valence-electron chi connectivity index (χ2n) is 4.94. The molecule has 1 amide bonds. The zero-order valence-corrected chi connectivity index (χ0v) is 13.6. The minimum Gasteiger partial charge on any atom is -0.493 e. The van der Waals surface area contributed by atoms with Crippen molar-refractivity contribution in [3.8, 4) is 11.5 Å². The number of aromatic nitrogens is 1. The van der Waals surface area contributed by atoms with Gasteiger partial charge in [-0.15, -0.1) is 6.58 Å². The van der Waals surface area contributed by atoms with Crippen LogP contribution in [0, 0.1) is 0 Å². The molecular weight excluding hydrogens is 292 g/mol. The number of allylic oxidation sites excluding steroid dienone is 1. The average Bonchev–Trinajstić information content (AvgIpc) is 2.60. The van der Waals surface area contributed by atoms with Crippen molar-refractivity contribution >= 4 is 11.6 Å². The van der Waals surface area contributed by atoms with E-state index in [0.717, 1.165) is 11.3 Å². The van der Waals surface area contributed by atoms with Crippen LogP contribution in [-0.2, 0) is 6.42 Å². The number of carbonyl (C=O) groups excluding carboxylic acids is 1. The summed E-state index contributed by atoms with van der Waals surface area (Å²) in [6.45, 7) is 3.74. The Kier molecular flexibility index (Phi) is 5.36. The van der Waals surface area contributed by atoms with Crippen molar-refractivity contribution in [2.45, 2.75) is 6.42 Å². The fourth-order valence-electron chi connectivity index (χ4n) is 2.34. The van der Waals surface area contributed by atoms with Crippen LogP contribution in [0.1, 0.15) is 15.9 Å². The van der Waals surface area contributed by atoms with Crippen molar-refractivity contribution in [2.75, 3.05) is 26.2 Å². The third kappa shape index (κ3) is 3.51. The Bertz CT molecular complexity index is 699. The first kappa shape index (κ1) is 16.5. The molecule has 0 aliphatic heterocycles. The van der Waals surface area contributed by atoms with E-state index in [2.05, 4.69) is 11.6 Å². The van der Waals surface area contributed by atoms with E-state index in [9.17, 15) is 4.79 Å². The highest BCUT2D eigenvalue weighted by atomic mass is 16.5. The van der Waals surface area contributed by atoms with Gasteiger partial charge in [0.15, 0.2) is 11.5 Å². The van der Waals surface area contributed by atoms with Crippen molar-refractivity contribution in [1.82, 2.24) is 4.98 Å². The maximum Gasteiger partial charge on any atom is 0.258 e. The summed E-state index contributed by atoms with van der Waals surface area (Å²) in [5, 5.41) is 0. The van der Waals surface area contributed by atoms with Crippen LogP contribution in [0.2, 0.25) is 0 Å². The highest BCUT2D eigenvalue weighted by molar-refractivity contribution is 6.06. The van der Waals surface area contributed by atoms with Crippen LogP contribution in [-0.4, -0.2) is 32.2 Å². The van der Waals surface area contributed by atoms with Crippen LogP contribution < -0.4 is 14.4 Å². The monoisotopic (exact) mass is 312 g/mol. The van der Waals surface area contributed by atoms with Crippen LogP contribution in [0.5, 0.6) is 11.5 Å². The summed E-state index contributed by atoms with van der Waals surface area (Å²) < 4.78 is 10.7. The van der Waals surface area contributed by atoms with Crippen LogP contribution in [0.3, 0.4) is 0 Å². The zero-order chi connectivity index (χ0) is 16.8. The van der Waals surface area contributed by atoms with Gasteiger partial charge in [0.05, 0.1) is 26.1 Å². The average molecular weight is 312 g/mol. The molecule has 0 fully saturated rings. The Morgan fingerprint density at radius 3 is 2.70 bits per heavy atom. The van der Waals surface area contributed by atoms with Crippen molar-refractivity contribution in [3.63, 3.8) is 0 Å². The number of ether oxygens (including phenoxy) is 2. The van der Waals surface area contributed by atoms with Gasteiger partial charge in [-0.1, -0.05) is 6.08 Å². The molecule has 0 radical (unpaired) electrons. The predicted molar refractivity (Wildman–Crippen MR) is 90.4 cm³/mol. The van der Waals surface area contributed by atoms with Gasteiger partial charge in [0.1, 0.15) is 0 Å². The SMILES string of the molecule is C=CCc1cc(C(=O)N(C)c2cccnc2)cc(OC)c1OC. The summed E-state index contributed by atoms with van der Waals surface area (Å²) in [5.74, 6) is 0.993. The minimum atomic E-state index is -0.149. The molecule has 0 aliphatic rings. The number of amides is 1. The van der Waals surface area contributed by atoms with E-state index in [1.807, 2.05) is 6.07 Å². The van der Waals surface area contributed by atoms with Crippen LogP contribution in [0.15, 0.2) is 49.3 Å². The fourth-order valence-corrected chi connectivity index (χ4v) is 2.34. The lowest BCUT2D eigenvalue weighted by atomic mass is 10.0. The van der Waals surface area contributed by atoms with Crippen molar-refractivity contribution < 1.29 is 14.3 Å². The number of benzene rings is 1. The largest absolute Gasteiger partial charge is 0.493 e. The number of hydrogen-bond donors (Lipinski definition) is 0. The van der Waals surface area contributed by atoms with E-state index < -0.39 is 0 Å². The first-order valence-corrected chi connectivity index (χ1v) is 7.16. The van der Waals surface area contributed by atoms with Gasteiger partial charge in [-0.3, -0.25) is 9.78 Å². The van der Waals surface area contributed by atoms with E-state index in [4.69, 9.17) is 9.47 Å². The Hall–Kier alpha value is -2.82. The van der Waals surface area contributed by atoms with Gasteiger partial charge in [0.25, 0.3) is 5.91 Å². The molecule has 5 nitrogen and oxygen atoms in total. The number of anilines is 1. The fraction of sp³-hybridized carbons (Fsp3) is 0.222. The van der Waals surface area contributed by atoms with Gasteiger partial charge in [0, 0.05) is 24.4 Å². The Morgan fingerprint density at radius 1 is 1.35 bits per heavy atom. The summed E-state index contributed by atoms with van der Waals surface area (Å²) in [7, 11) is 4.84. The minimum absolute atomic E-state index is 0.149. The summed E-state index contributed by atoms with van der Waals surface area (Å²) >= 11 is 0.